The van der Waals surface area contributed by atoms with E-state index < -0.39 is 0 Å². The fourth-order valence-electron chi connectivity index (χ4n) is 3.60. The fourth-order valence-corrected chi connectivity index (χ4v) is 3.60. The normalized spacial score (nSPS) is 24.7. The number of fused-ring (bicyclic) bond motifs is 1. The molecule has 4 rings (SSSR count). The van der Waals surface area contributed by atoms with Crippen molar-refractivity contribution in [3.05, 3.63) is 23.8 Å². The largest absolute Gasteiger partial charge is 0.486 e. The lowest BCUT2D eigenvalue weighted by atomic mass is 10.1. The van der Waals surface area contributed by atoms with Crippen LogP contribution in [0.5, 0.6) is 11.5 Å². The molecule has 6 heteroatoms. The zero-order valence-corrected chi connectivity index (χ0v) is 13.3. The minimum atomic E-state index is 0.0890. The predicted molar refractivity (Wildman–Crippen MR) is 86.2 cm³/mol. The highest BCUT2D eigenvalue weighted by molar-refractivity contribution is 5.95. The molecule has 0 aromatic heterocycles. The number of ether oxygens (including phenoxy) is 2. The van der Waals surface area contributed by atoms with Gasteiger partial charge in [-0.1, -0.05) is 0 Å². The molecule has 0 bridgehead atoms. The number of nitrogens with one attached hydrogen (secondary N) is 1. The molecule has 124 valence electrons. The van der Waals surface area contributed by atoms with Crippen molar-refractivity contribution in [1.82, 2.24) is 15.1 Å². The van der Waals surface area contributed by atoms with Crippen molar-refractivity contribution < 1.29 is 14.3 Å². The van der Waals surface area contributed by atoms with Crippen LogP contribution in [0.3, 0.4) is 0 Å². The van der Waals surface area contributed by atoms with Gasteiger partial charge in [0, 0.05) is 44.3 Å². The van der Waals surface area contributed by atoms with E-state index in [1.165, 1.54) is 6.42 Å². The topological polar surface area (TPSA) is 54.0 Å². The number of rotatable bonds is 2. The molecule has 0 saturated carbocycles. The minimum absolute atomic E-state index is 0.0890. The van der Waals surface area contributed by atoms with Crippen LogP contribution in [0.2, 0.25) is 0 Å². The molecule has 23 heavy (non-hydrogen) atoms. The van der Waals surface area contributed by atoms with Crippen molar-refractivity contribution in [3.63, 3.8) is 0 Å². The lowest BCUT2D eigenvalue weighted by Gasteiger charge is -2.37. The van der Waals surface area contributed by atoms with Crippen molar-refractivity contribution in [2.45, 2.75) is 12.5 Å². The standard InChI is InChI=1S/C17H23N3O3/c21-17(13-1-2-15-16(11-13)23-10-9-22-15)20-7-5-19(6-8-20)14-3-4-18-12-14/h1-2,11,14,18H,3-10,12H2. The van der Waals surface area contributed by atoms with Gasteiger partial charge in [-0.05, 0) is 31.2 Å². The van der Waals surface area contributed by atoms with Crippen molar-refractivity contribution in [1.29, 1.82) is 0 Å². The summed E-state index contributed by atoms with van der Waals surface area (Å²) < 4.78 is 11.1. The summed E-state index contributed by atoms with van der Waals surface area (Å²) in [6.07, 6.45) is 1.22. The van der Waals surface area contributed by atoms with Crippen LogP contribution in [0.25, 0.3) is 0 Å². The first kappa shape index (κ1) is 14.8. The maximum Gasteiger partial charge on any atom is 0.254 e. The Morgan fingerprint density at radius 2 is 1.87 bits per heavy atom. The molecule has 1 N–H and O–H groups in total. The third-order valence-corrected chi connectivity index (χ3v) is 4.94. The fraction of sp³-hybridized carbons (Fsp3) is 0.588. The lowest BCUT2D eigenvalue weighted by molar-refractivity contribution is 0.0583. The van der Waals surface area contributed by atoms with Crippen LogP contribution in [0, 0.1) is 0 Å². The number of piperazine rings is 1. The van der Waals surface area contributed by atoms with Crippen LogP contribution in [-0.2, 0) is 0 Å². The van der Waals surface area contributed by atoms with Gasteiger partial charge in [-0.25, -0.2) is 0 Å². The first-order valence-electron chi connectivity index (χ1n) is 8.45. The maximum atomic E-state index is 12.7. The molecule has 3 heterocycles. The summed E-state index contributed by atoms with van der Waals surface area (Å²) in [5.74, 6) is 1.50. The molecule has 0 spiro atoms. The van der Waals surface area contributed by atoms with Crippen molar-refractivity contribution in [2.24, 2.45) is 0 Å². The summed E-state index contributed by atoms with van der Waals surface area (Å²) >= 11 is 0. The van der Waals surface area contributed by atoms with Crippen LogP contribution in [-0.4, -0.2) is 74.2 Å². The third kappa shape index (κ3) is 3.01. The molecule has 1 aromatic rings. The highest BCUT2D eigenvalue weighted by atomic mass is 16.6. The number of carbonyl (C=O) groups excluding carboxylic acids is 1. The summed E-state index contributed by atoms with van der Waals surface area (Å²) in [5, 5.41) is 3.41. The second-order valence-electron chi connectivity index (χ2n) is 6.33. The van der Waals surface area contributed by atoms with Crippen LogP contribution in [0.4, 0.5) is 0 Å². The van der Waals surface area contributed by atoms with Crippen LogP contribution >= 0.6 is 0 Å². The average molecular weight is 317 g/mol. The first-order valence-corrected chi connectivity index (χ1v) is 8.45. The van der Waals surface area contributed by atoms with E-state index in [9.17, 15) is 4.79 Å². The van der Waals surface area contributed by atoms with E-state index in [1.54, 1.807) is 0 Å². The van der Waals surface area contributed by atoms with Gasteiger partial charge in [0.05, 0.1) is 0 Å². The van der Waals surface area contributed by atoms with E-state index >= 15 is 0 Å². The van der Waals surface area contributed by atoms with E-state index in [0.29, 0.717) is 30.6 Å². The Bertz CT molecular complexity index is 578. The highest BCUT2D eigenvalue weighted by Gasteiger charge is 2.28. The number of amides is 1. The van der Waals surface area contributed by atoms with Gasteiger partial charge in [-0.2, -0.15) is 0 Å². The molecule has 0 radical (unpaired) electrons. The third-order valence-electron chi connectivity index (χ3n) is 4.94. The number of hydrogen-bond acceptors (Lipinski definition) is 5. The Morgan fingerprint density at radius 3 is 2.61 bits per heavy atom. The molecule has 1 amide bonds. The van der Waals surface area contributed by atoms with Crippen LogP contribution in [0.1, 0.15) is 16.8 Å². The van der Waals surface area contributed by atoms with Crippen molar-refractivity contribution in [3.8, 4) is 11.5 Å². The van der Waals surface area contributed by atoms with Gasteiger partial charge in [-0.15, -0.1) is 0 Å². The highest BCUT2D eigenvalue weighted by Crippen LogP contribution is 2.31. The second-order valence-corrected chi connectivity index (χ2v) is 6.33. The van der Waals surface area contributed by atoms with Crippen LogP contribution in [0.15, 0.2) is 18.2 Å². The molecule has 3 aliphatic rings. The molecule has 1 atom stereocenters. The molecule has 6 nitrogen and oxygen atoms in total. The molecular weight excluding hydrogens is 294 g/mol. The van der Waals surface area contributed by atoms with Gasteiger partial charge in [-0.3, -0.25) is 9.69 Å². The number of nitrogens with zero attached hydrogens (tertiary/aromatic N) is 2. The maximum absolute atomic E-state index is 12.7. The summed E-state index contributed by atoms with van der Waals surface area (Å²) in [4.78, 5) is 17.2. The quantitative estimate of drug-likeness (QED) is 0.865. The smallest absolute Gasteiger partial charge is 0.254 e. The van der Waals surface area contributed by atoms with Crippen molar-refractivity contribution >= 4 is 5.91 Å². The Balaban J connectivity index is 1.40. The van der Waals surface area contributed by atoms with Gasteiger partial charge in [0.25, 0.3) is 5.91 Å². The molecule has 1 aromatic carbocycles. The van der Waals surface area contributed by atoms with E-state index in [2.05, 4.69) is 10.2 Å². The zero-order valence-electron chi connectivity index (χ0n) is 13.3. The van der Waals surface area contributed by atoms with Crippen molar-refractivity contribution in [2.75, 3.05) is 52.5 Å². The molecule has 2 fully saturated rings. The Morgan fingerprint density at radius 1 is 1.09 bits per heavy atom. The summed E-state index contributed by atoms with van der Waals surface area (Å²) in [5.41, 5.74) is 0.685. The number of hydrogen-bond donors (Lipinski definition) is 1. The van der Waals surface area contributed by atoms with Gasteiger partial charge in [0.15, 0.2) is 11.5 Å². The van der Waals surface area contributed by atoms with Gasteiger partial charge in [0.2, 0.25) is 0 Å². The molecule has 2 saturated heterocycles. The Labute approximate surface area is 136 Å². The van der Waals surface area contributed by atoms with E-state index in [0.717, 1.165) is 45.0 Å². The summed E-state index contributed by atoms with van der Waals surface area (Å²) in [7, 11) is 0. The molecule has 1 unspecified atom stereocenters. The second kappa shape index (κ2) is 6.37. The molecular formula is C17H23N3O3. The average Bonchev–Trinajstić information content (AvgIpc) is 3.15. The van der Waals surface area contributed by atoms with E-state index in [1.807, 2.05) is 23.1 Å². The van der Waals surface area contributed by atoms with Gasteiger partial charge >= 0.3 is 0 Å². The van der Waals surface area contributed by atoms with E-state index in [-0.39, 0.29) is 5.91 Å². The molecule has 0 aliphatic carbocycles. The Kier molecular flexibility index (Phi) is 4.10. The first-order chi connectivity index (χ1) is 11.3. The Hall–Kier alpha value is -1.79. The monoisotopic (exact) mass is 317 g/mol. The summed E-state index contributed by atoms with van der Waals surface area (Å²) in [6, 6.07) is 6.12. The van der Waals surface area contributed by atoms with E-state index in [4.69, 9.17) is 9.47 Å². The predicted octanol–water partition coefficient (Wildman–Crippen LogP) is 0.578. The molecule has 3 aliphatic heterocycles. The van der Waals surface area contributed by atoms with Crippen LogP contribution < -0.4 is 14.8 Å². The number of carbonyl (C=O) groups is 1. The SMILES string of the molecule is O=C(c1ccc2c(c1)OCCO2)N1CCN(C2CCNC2)CC1. The lowest BCUT2D eigenvalue weighted by Crippen LogP contribution is -2.52. The van der Waals surface area contributed by atoms with Gasteiger partial charge in [0.1, 0.15) is 13.2 Å². The van der Waals surface area contributed by atoms with Gasteiger partial charge < -0.3 is 19.7 Å². The number of benzene rings is 1. The minimum Gasteiger partial charge on any atom is -0.486 e. The summed E-state index contributed by atoms with van der Waals surface area (Å²) in [6.45, 7) is 6.81. The zero-order chi connectivity index (χ0) is 15.6.